The highest BCUT2D eigenvalue weighted by atomic mass is 16.3. The van der Waals surface area contributed by atoms with Crippen LogP contribution >= 0.6 is 0 Å². The van der Waals surface area contributed by atoms with Crippen LogP contribution < -0.4 is 0 Å². The highest BCUT2D eigenvalue weighted by molar-refractivity contribution is 5.30. The van der Waals surface area contributed by atoms with Gasteiger partial charge in [0.15, 0.2) is 0 Å². The molecule has 1 unspecified atom stereocenters. The van der Waals surface area contributed by atoms with Crippen molar-refractivity contribution >= 4 is 0 Å². The van der Waals surface area contributed by atoms with Crippen molar-refractivity contribution in [2.24, 2.45) is 0 Å². The predicted octanol–water partition coefficient (Wildman–Crippen LogP) is 2.48. The lowest BCUT2D eigenvalue weighted by atomic mass is 10.0. The van der Waals surface area contributed by atoms with Crippen LogP contribution in [0, 0.1) is 20.8 Å². The van der Waals surface area contributed by atoms with Gasteiger partial charge in [0.25, 0.3) is 0 Å². The summed E-state index contributed by atoms with van der Waals surface area (Å²) in [6, 6.07) is 7.60. The van der Waals surface area contributed by atoms with E-state index in [1.807, 2.05) is 45.0 Å². The fourth-order valence-corrected chi connectivity index (χ4v) is 1.86. The van der Waals surface area contributed by atoms with Gasteiger partial charge in [0, 0.05) is 28.8 Å². The molecule has 0 aliphatic carbocycles. The third-order valence-electron chi connectivity index (χ3n) is 2.67. The minimum atomic E-state index is -0.636. The first-order valence-electron chi connectivity index (χ1n) is 5.62. The van der Waals surface area contributed by atoms with Crippen molar-refractivity contribution in [3.8, 4) is 0 Å². The van der Waals surface area contributed by atoms with Crippen LogP contribution in [-0.4, -0.2) is 15.1 Å². The van der Waals surface area contributed by atoms with Crippen LogP contribution in [0.4, 0.5) is 0 Å². The Morgan fingerprint density at radius 2 is 1.59 bits per heavy atom. The fourth-order valence-electron chi connectivity index (χ4n) is 1.86. The molecule has 2 aromatic heterocycles. The lowest BCUT2D eigenvalue weighted by Gasteiger charge is -2.12. The summed E-state index contributed by atoms with van der Waals surface area (Å²) in [5.41, 5.74) is 4.45. The minimum absolute atomic E-state index is 0.636. The monoisotopic (exact) mass is 228 g/mol. The molecule has 1 atom stereocenters. The molecule has 0 aliphatic heterocycles. The van der Waals surface area contributed by atoms with Crippen molar-refractivity contribution in [3.05, 3.63) is 58.7 Å². The Morgan fingerprint density at radius 3 is 2.12 bits per heavy atom. The Balaban J connectivity index is 2.36. The zero-order valence-electron chi connectivity index (χ0n) is 10.3. The van der Waals surface area contributed by atoms with E-state index in [-0.39, 0.29) is 0 Å². The quantitative estimate of drug-likeness (QED) is 0.859. The van der Waals surface area contributed by atoms with E-state index in [9.17, 15) is 5.11 Å². The normalized spacial score (nSPS) is 12.5. The largest absolute Gasteiger partial charge is 0.384 e. The maximum atomic E-state index is 10.3. The van der Waals surface area contributed by atoms with Crippen molar-refractivity contribution in [1.29, 1.82) is 0 Å². The first-order chi connectivity index (χ1) is 8.06. The summed E-state index contributed by atoms with van der Waals surface area (Å²) in [5.74, 6) is 0. The van der Waals surface area contributed by atoms with Crippen molar-refractivity contribution < 1.29 is 5.11 Å². The van der Waals surface area contributed by atoms with Gasteiger partial charge < -0.3 is 5.11 Å². The van der Waals surface area contributed by atoms with Crippen molar-refractivity contribution in [2.75, 3.05) is 0 Å². The van der Waals surface area contributed by atoms with E-state index in [0.29, 0.717) is 0 Å². The summed E-state index contributed by atoms with van der Waals surface area (Å²) in [5, 5.41) is 10.3. The number of rotatable bonds is 2. The molecule has 17 heavy (non-hydrogen) atoms. The first-order valence-corrected chi connectivity index (χ1v) is 5.62. The molecule has 0 amide bonds. The van der Waals surface area contributed by atoms with E-state index in [0.717, 1.165) is 28.2 Å². The van der Waals surface area contributed by atoms with Gasteiger partial charge in [-0.05, 0) is 44.5 Å². The number of aliphatic hydroxyl groups is 1. The molecule has 0 bridgehead atoms. The van der Waals surface area contributed by atoms with E-state index in [1.54, 1.807) is 6.20 Å². The van der Waals surface area contributed by atoms with E-state index in [1.165, 1.54) is 0 Å². The molecule has 0 aromatic carbocycles. The maximum Gasteiger partial charge on any atom is 0.106 e. The molecule has 0 fully saturated rings. The topological polar surface area (TPSA) is 46.0 Å². The molecule has 0 spiro atoms. The smallest absolute Gasteiger partial charge is 0.106 e. The van der Waals surface area contributed by atoms with Crippen molar-refractivity contribution in [1.82, 2.24) is 9.97 Å². The third kappa shape index (κ3) is 2.68. The summed E-state index contributed by atoms with van der Waals surface area (Å²) in [7, 11) is 0. The summed E-state index contributed by atoms with van der Waals surface area (Å²) in [6.45, 7) is 5.78. The Hall–Kier alpha value is -1.74. The summed E-state index contributed by atoms with van der Waals surface area (Å²) >= 11 is 0. The molecule has 3 heteroatoms. The number of pyridine rings is 2. The summed E-state index contributed by atoms with van der Waals surface area (Å²) in [6.07, 6.45) is 1.08. The zero-order chi connectivity index (χ0) is 12.4. The maximum absolute atomic E-state index is 10.3. The second kappa shape index (κ2) is 4.63. The second-order valence-electron chi connectivity index (χ2n) is 4.32. The highest BCUT2D eigenvalue weighted by Gasteiger charge is 2.11. The first kappa shape index (κ1) is 11.7. The molecule has 2 aromatic rings. The number of aromatic nitrogens is 2. The molecular weight excluding hydrogens is 212 g/mol. The van der Waals surface area contributed by atoms with Gasteiger partial charge in [-0.15, -0.1) is 0 Å². The SMILES string of the molecule is Cc1ccc(C(O)c2cc(C)nc(C)c2)cn1. The second-order valence-corrected chi connectivity index (χ2v) is 4.32. The van der Waals surface area contributed by atoms with Gasteiger partial charge in [-0.25, -0.2) is 0 Å². The molecule has 1 N–H and O–H groups in total. The fraction of sp³-hybridized carbons (Fsp3) is 0.286. The van der Waals surface area contributed by atoms with Gasteiger partial charge in [0.2, 0.25) is 0 Å². The Kier molecular flexibility index (Phi) is 3.20. The molecule has 0 saturated heterocycles. The summed E-state index contributed by atoms with van der Waals surface area (Å²) in [4.78, 5) is 8.49. The lowest BCUT2D eigenvalue weighted by molar-refractivity contribution is 0.219. The van der Waals surface area contributed by atoms with Crippen molar-refractivity contribution in [3.63, 3.8) is 0 Å². The Morgan fingerprint density at radius 1 is 0.941 bits per heavy atom. The highest BCUT2D eigenvalue weighted by Crippen LogP contribution is 2.22. The molecule has 0 aliphatic rings. The van der Waals surface area contributed by atoms with Crippen LogP contribution in [0.3, 0.4) is 0 Å². The number of aryl methyl sites for hydroxylation is 3. The molecule has 88 valence electrons. The van der Waals surface area contributed by atoms with Crippen LogP contribution in [0.15, 0.2) is 30.5 Å². The van der Waals surface area contributed by atoms with Gasteiger partial charge >= 0.3 is 0 Å². The molecule has 3 nitrogen and oxygen atoms in total. The average Bonchev–Trinajstić information content (AvgIpc) is 2.28. The van der Waals surface area contributed by atoms with Crippen molar-refractivity contribution in [2.45, 2.75) is 26.9 Å². The van der Waals surface area contributed by atoms with E-state index in [4.69, 9.17) is 0 Å². The van der Waals surface area contributed by atoms with E-state index >= 15 is 0 Å². The number of aliphatic hydroxyl groups excluding tert-OH is 1. The van der Waals surface area contributed by atoms with E-state index in [2.05, 4.69) is 9.97 Å². The van der Waals surface area contributed by atoms with Crippen LogP contribution in [0.25, 0.3) is 0 Å². The average molecular weight is 228 g/mol. The number of nitrogens with zero attached hydrogens (tertiary/aromatic N) is 2. The third-order valence-corrected chi connectivity index (χ3v) is 2.67. The van der Waals surface area contributed by atoms with E-state index < -0.39 is 6.10 Å². The zero-order valence-corrected chi connectivity index (χ0v) is 10.3. The van der Waals surface area contributed by atoms with Crippen LogP contribution in [0.5, 0.6) is 0 Å². The molecule has 0 saturated carbocycles. The van der Waals surface area contributed by atoms with Gasteiger partial charge in [-0.1, -0.05) is 6.07 Å². The van der Waals surface area contributed by atoms with Crippen LogP contribution in [0.1, 0.15) is 34.3 Å². The van der Waals surface area contributed by atoms with Gasteiger partial charge in [-0.3, -0.25) is 9.97 Å². The van der Waals surface area contributed by atoms with Crippen LogP contribution in [-0.2, 0) is 0 Å². The van der Waals surface area contributed by atoms with Crippen LogP contribution in [0.2, 0.25) is 0 Å². The van der Waals surface area contributed by atoms with Gasteiger partial charge in [0.1, 0.15) is 6.10 Å². The lowest BCUT2D eigenvalue weighted by Crippen LogP contribution is -2.02. The Bertz CT molecular complexity index is 500. The predicted molar refractivity (Wildman–Crippen MR) is 66.7 cm³/mol. The Labute approximate surface area is 101 Å². The summed E-state index contributed by atoms with van der Waals surface area (Å²) < 4.78 is 0. The molecular formula is C14H16N2O. The molecule has 2 rings (SSSR count). The van der Waals surface area contributed by atoms with Gasteiger partial charge in [-0.2, -0.15) is 0 Å². The molecule has 2 heterocycles. The number of hydrogen-bond donors (Lipinski definition) is 1. The minimum Gasteiger partial charge on any atom is -0.384 e. The van der Waals surface area contributed by atoms with Gasteiger partial charge in [0.05, 0.1) is 0 Å². The standard InChI is InChI=1S/C14H16N2O/c1-9-4-5-12(8-15-9)14(17)13-6-10(2)16-11(3)7-13/h4-8,14,17H,1-3H3. The molecule has 0 radical (unpaired) electrons. The number of hydrogen-bond acceptors (Lipinski definition) is 3.